The highest BCUT2D eigenvalue weighted by molar-refractivity contribution is 5.83. The topological polar surface area (TPSA) is 126 Å². The molecule has 2 saturated carbocycles. The number of aliphatic hydroxyl groups excluding tert-OH is 1. The van der Waals surface area contributed by atoms with Crippen LogP contribution in [-0.2, 0) is 42.7 Å². The van der Waals surface area contributed by atoms with Crippen molar-refractivity contribution in [1.82, 2.24) is 0 Å². The van der Waals surface area contributed by atoms with E-state index < -0.39 is 53.0 Å². The highest BCUT2D eigenvalue weighted by Gasteiger charge is 2.86. The minimum Gasteiger partial charge on any atom is -0.462 e. The molecular weight excluding hydrogens is 508 g/mol. The van der Waals surface area contributed by atoms with Crippen molar-refractivity contribution >= 4 is 11.9 Å². The van der Waals surface area contributed by atoms with Crippen LogP contribution in [0, 0.1) is 10.8 Å². The number of hydrogen-bond acceptors (Lipinski definition) is 10. The van der Waals surface area contributed by atoms with E-state index in [1.54, 1.807) is 25.2 Å². The van der Waals surface area contributed by atoms with Gasteiger partial charge in [-0.2, -0.15) is 0 Å². The summed E-state index contributed by atoms with van der Waals surface area (Å²) in [5.41, 5.74) is -1.87. The quantitative estimate of drug-likeness (QED) is 0.357. The number of carbonyl (C=O) groups is 2. The van der Waals surface area contributed by atoms with Crippen molar-refractivity contribution in [2.45, 2.75) is 107 Å². The number of cyclic esters (lactones) is 1. The Morgan fingerprint density at radius 2 is 1.77 bits per heavy atom. The van der Waals surface area contributed by atoms with E-state index in [1.807, 2.05) is 6.92 Å². The van der Waals surface area contributed by atoms with Gasteiger partial charge in [-0.3, -0.25) is 0 Å². The number of allylic oxidation sites excluding steroid dienone is 2. The van der Waals surface area contributed by atoms with Gasteiger partial charge in [0.15, 0.2) is 6.29 Å². The maximum Gasteiger partial charge on any atom is 0.331 e. The van der Waals surface area contributed by atoms with Crippen LogP contribution < -0.4 is 0 Å². The molecule has 1 N–H and O–H groups in total. The van der Waals surface area contributed by atoms with Gasteiger partial charge >= 0.3 is 11.9 Å². The van der Waals surface area contributed by atoms with Gasteiger partial charge in [-0.05, 0) is 39.2 Å². The van der Waals surface area contributed by atoms with Crippen molar-refractivity contribution in [1.29, 1.82) is 0 Å². The number of fused-ring (bicyclic) bond motifs is 4. The van der Waals surface area contributed by atoms with Gasteiger partial charge in [0, 0.05) is 24.0 Å². The fourth-order valence-electron chi connectivity index (χ4n) is 8.00. The van der Waals surface area contributed by atoms with Gasteiger partial charge < -0.3 is 38.3 Å². The van der Waals surface area contributed by atoms with Gasteiger partial charge in [0.25, 0.3) is 0 Å². The number of aliphatic hydroxyl groups is 1. The molecule has 5 aliphatic heterocycles. The average Bonchev–Trinajstić information content (AvgIpc) is 3.78. The summed E-state index contributed by atoms with van der Waals surface area (Å²) in [6.07, 6.45) is 5.62. The van der Waals surface area contributed by atoms with Gasteiger partial charge in [-0.1, -0.05) is 25.2 Å². The normalized spacial score (nSPS) is 54.1. The van der Waals surface area contributed by atoms with Crippen molar-refractivity contribution in [3.63, 3.8) is 0 Å². The van der Waals surface area contributed by atoms with Gasteiger partial charge in [-0.25, -0.2) is 9.59 Å². The molecule has 10 heteroatoms. The lowest BCUT2D eigenvalue weighted by Crippen LogP contribution is -2.69. The SMILES string of the molecule is CC1=CC(=O)OCC23CCC4(C)OC4C2OC2CC(OC(=O)C=CC=CC4OC(OC4C)C1O)C3(C)C21CO1. The molecule has 5 heterocycles. The summed E-state index contributed by atoms with van der Waals surface area (Å²) in [4.78, 5) is 26.2. The third kappa shape index (κ3) is 3.55. The summed E-state index contributed by atoms with van der Waals surface area (Å²) in [5, 5.41) is 10.8. The summed E-state index contributed by atoms with van der Waals surface area (Å²) >= 11 is 0. The molecule has 0 radical (unpaired) electrons. The Hall–Kier alpha value is -2.08. The van der Waals surface area contributed by atoms with E-state index in [4.69, 9.17) is 33.2 Å². The second kappa shape index (κ2) is 8.47. The van der Waals surface area contributed by atoms with E-state index in [2.05, 4.69) is 13.8 Å². The maximum atomic E-state index is 13.1. The van der Waals surface area contributed by atoms with E-state index >= 15 is 0 Å². The van der Waals surface area contributed by atoms with Crippen LogP contribution in [0.3, 0.4) is 0 Å². The molecule has 0 amide bonds. The molecule has 0 aromatic carbocycles. The molecule has 2 aliphatic carbocycles. The number of ether oxygens (including phenoxy) is 7. The molecule has 7 aliphatic rings. The largest absolute Gasteiger partial charge is 0.462 e. The van der Waals surface area contributed by atoms with Crippen molar-refractivity contribution in [3.05, 3.63) is 36.0 Å². The predicted octanol–water partition coefficient (Wildman–Crippen LogP) is 1.89. The molecule has 10 nitrogen and oxygen atoms in total. The van der Waals surface area contributed by atoms with E-state index in [0.717, 1.165) is 6.42 Å². The summed E-state index contributed by atoms with van der Waals surface area (Å²) in [6, 6.07) is 0. The average molecular weight is 545 g/mol. The number of epoxide rings is 2. The van der Waals surface area contributed by atoms with Crippen LogP contribution in [0.4, 0.5) is 0 Å². The lowest BCUT2D eigenvalue weighted by atomic mass is 9.50. The first-order valence-electron chi connectivity index (χ1n) is 13.9. The molecule has 12 atom stereocenters. The molecule has 39 heavy (non-hydrogen) atoms. The fourth-order valence-corrected chi connectivity index (χ4v) is 8.00. The number of esters is 2. The molecule has 212 valence electrons. The molecule has 12 unspecified atom stereocenters. The summed E-state index contributed by atoms with van der Waals surface area (Å²) < 4.78 is 42.8. The van der Waals surface area contributed by atoms with Gasteiger partial charge in [0.2, 0.25) is 0 Å². The minimum absolute atomic E-state index is 0.0445. The van der Waals surface area contributed by atoms with Crippen LogP contribution in [0.5, 0.6) is 0 Å². The van der Waals surface area contributed by atoms with Gasteiger partial charge in [0.05, 0.1) is 35.9 Å². The highest BCUT2D eigenvalue weighted by Crippen LogP contribution is 2.75. The number of rotatable bonds is 0. The van der Waals surface area contributed by atoms with Gasteiger partial charge in [-0.15, -0.1) is 0 Å². The first-order valence-corrected chi connectivity index (χ1v) is 13.9. The fraction of sp³-hybridized carbons (Fsp3) is 0.724. The maximum absolute atomic E-state index is 13.1. The highest BCUT2D eigenvalue weighted by atomic mass is 16.7. The molecule has 0 aromatic rings. The number of carbonyl (C=O) groups excluding carboxylic acids is 2. The van der Waals surface area contributed by atoms with E-state index in [9.17, 15) is 14.7 Å². The third-order valence-corrected chi connectivity index (χ3v) is 10.6. The summed E-state index contributed by atoms with van der Waals surface area (Å²) in [6.45, 7) is 8.21. The predicted molar refractivity (Wildman–Crippen MR) is 133 cm³/mol. The Balaban J connectivity index is 1.27. The second-order valence-electron chi connectivity index (χ2n) is 12.6. The van der Waals surface area contributed by atoms with E-state index in [1.165, 1.54) is 12.2 Å². The molecule has 4 bridgehead atoms. The Morgan fingerprint density at radius 1 is 0.974 bits per heavy atom. The Labute approximate surface area is 227 Å². The lowest BCUT2D eigenvalue weighted by Gasteiger charge is -2.58. The van der Waals surface area contributed by atoms with Crippen LogP contribution in [0.1, 0.15) is 47.0 Å². The van der Waals surface area contributed by atoms with Crippen LogP contribution in [-0.4, -0.2) is 90.5 Å². The van der Waals surface area contributed by atoms with E-state index in [0.29, 0.717) is 25.0 Å². The van der Waals surface area contributed by atoms with Crippen molar-refractivity contribution in [2.75, 3.05) is 13.2 Å². The van der Waals surface area contributed by atoms with Crippen LogP contribution >= 0.6 is 0 Å². The summed E-state index contributed by atoms with van der Waals surface area (Å²) in [7, 11) is 0. The minimum atomic E-state index is -1.15. The molecule has 2 spiro atoms. The Kier molecular flexibility index (Phi) is 5.61. The third-order valence-electron chi connectivity index (χ3n) is 10.6. The van der Waals surface area contributed by atoms with Crippen LogP contribution in [0.2, 0.25) is 0 Å². The zero-order valence-corrected chi connectivity index (χ0v) is 22.7. The van der Waals surface area contributed by atoms with Crippen molar-refractivity contribution < 1.29 is 47.9 Å². The molecule has 0 aromatic heterocycles. The Bertz CT molecular complexity index is 1170. The van der Waals surface area contributed by atoms with Gasteiger partial charge in [0.1, 0.15) is 36.6 Å². The smallest absolute Gasteiger partial charge is 0.331 e. The molecule has 6 fully saturated rings. The zero-order chi connectivity index (χ0) is 27.4. The monoisotopic (exact) mass is 544 g/mol. The number of hydrogen-bond donors (Lipinski definition) is 1. The molecule has 4 saturated heterocycles. The summed E-state index contributed by atoms with van der Waals surface area (Å²) in [5.74, 6) is -1.05. The van der Waals surface area contributed by atoms with Crippen LogP contribution in [0.25, 0.3) is 0 Å². The lowest BCUT2D eigenvalue weighted by molar-refractivity contribution is -0.250. The zero-order valence-electron chi connectivity index (χ0n) is 22.7. The molecular formula is C29H36O10. The van der Waals surface area contributed by atoms with Crippen molar-refractivity contribution in [2.24, 2.45) is 10.8 Å². The van der Waals surface area contributed by atoms with Crippen molar-refractivity contribution in [3.8, 4) is 0 Å². The molecule has 7 rings (SSSR count). The van der Waals surface area contributed by atoms with Crippen LogP contribution in [0.15, 0.2) is 36.0 Å². The first-order chi connectivity index (χ1) is 18.5. The first kappa shape index (κ1) is 25.9. The second-order valence-corrected chi connectivity index (χ2v) is 12.6. The van der Waals surface area contributed by atoms with E-state index in [-0.39, 0.29) is 36.6 Å². The standard InChI is InChI=1S/C29H36O10/c1-15-11-21(31)33-13-28-10-9-26(3)23(39-26)24(28)38-19-12-18(27(28,4)29(19)14-34-29)37-20(30)8-6-5-7-17-16(2)35-25(36-17)22(15)32/h5-8,11,16-19,22-25,32H,9-10,12-14H2,1-4H3. The Morgan fingerprint density at radius 3 is 2.54 bits per heavy atom.